The standard InChI is InChI=1S/C21H23FN4O3/c1-5-13(4)26-19-16(10-23-26)15(9-12(3)24-19)20(27)25-18(21(28)29)14-6-7-17(22)11(2)8-14/h6-10,13,18H,5H2,1-4H3,(H,25,27)(H,28,29). The molecule has 0 spiro atoms. The van der Waals surface area contributed by atoms with Gasteiger partial charge in [-0.2, -0.15) is 5.10 Å². The fourth-order valence-corrected chi connectivity index (χ4v) is 3.17. The normalized spacial score (nSPS) is 13.3. The highest BCUT2D eigenvalue weighted by Gasteiger charge is 2.25. The summed E-state index contributed by atoms with van der Waals surface area (Å²) in [6, 6.07) is 4.37. The van der Waals surface area contributed by atoms with E-state index in [2.05, 4.69) is 15.4 Å². The van der Waals surface area contributed by atoms with Crippen LogP contribution in [0, 0.1) is 19.7 Å². The quantitative estimate of drug-likeness (QED) is 0.660. The van der Waals surface area contributed by atoms with Gasteiger partial charge in [-0.25, -0.2) is 18.9 Å². The van der Waals surface area contributed by atoms with Crippen LogP contribution in [0.5, 0.6) is 0 Å². The number of rotatable bonds is 6. The molecule has 2 atom stereocenters. The summed E-state index contributed by atoms with van der Waals surface area (Å²) in [5, 5.41) is 17.1. The average molecular weight is 398 g/mol. The molecule has 3 aromatic rings. The van der Waals surface area contributed by atoms with Crippen LogP contribution >= 0.6 is 0 Å². The molecule has 152 valence electrons. The van der Waals surface area contributed by atoms with Crippen molar-refractivity contribution in [2.45, 2.75) is 46.2 Å². The summed E-state index contributed by atoms with van der Waals surface area (Å²) in [7, 11) is 0. The number of aryl methyl sites for hydroxylation is 2. The monoisotopic (exact) mass is 398 g/mol. The number of amides is 1. The molecule has 1 amide bonds. The molecule has 0 aliphatic rings. The Kier molecular flexibility index (Phi) is 5.63. The molecule has 0 saturated heterocycles. The number of aromatic nitrogens is 3. The number of carboxylic acids is 1. The predicted molar refractivity (Wildman–Crippen MR) is 106 cm³/mol. The lowest BCUT2D eigenvalue weighted by molar-refractivity contribution is -0.139. The first-order valence-electron chi connectivity index (χ1n) is 9.37. The summed E-state index contributed by atoms with van der Waals surface area (Å²) < 4.78 is 15.3. The molecule has 0 aliphatic carbocycles. The van der Waals surface area contributed by atoms with Crippen molar-refractivity contribution in [3.63, 3.8) is 0 Å². The molecule has 0 radical (unpaired) electrons. The van der Waals surface area contributed by atoms with Crippen molar-refractivity contribution >= 4 is 22.9 Å². The van der Waals surface area contributed by atoms with Gasteiger partial charge in [-0.3, -0.25) is 4.79 Å². The molecule has 0 saturated carbocycles. The highest BCUT2D eigenvalue weighted by atomic mass is 19.1. The van der Waals surface area contributed by atoms with Gasteiger partial charge in [-0.1, -0.05) is 19.1 Å². The topological polar surface area (TPSA) is 97.1 Å². The molecule has 0 bridgehead atoms. The molecule has 2 unspecified atom stereocenters. The second-order valence-corrected chi connectivity index (χ2v) is 7.15. The molecule has 2 heterocycles. The second kappa shape index (κ2) is 7.98. The lowest BCUT2D eigenvalue weighted by atomic mass is 10.0. The van der Waals surface area contributed by atoms with Gasteiger partial charge in [-0.05, 0) is 50.5 Å². The van der Waals surface area contributed by atoms with Gasteiger partial charge in [0, 0.05) is 5.69 Å². The molecule has 3 rings (SSSR count). The Bertz CT molecular complexity index is 1090. The number of hydrogen-bond acceptors (Lipinski definition) is 4. The van der Waals surface area contributed by atoms with Gasteiger partial charge in [0.1, 0.15) is 5.82 Å². The highest BCUT2D eigenvalue weighted by molar-refractivity contribution is 6.06. The van der Waals surface area contributed by atoms with E-state index in [1.807, 2.05) is 13.8 Å². The van der Waals surface area contributed by atoms with E-state index < -0.39 is 23.7 Å². The van der Waals surface area contributed by atoms with Crippen LogP contribution in [0.15, 0.2) is 30.5 Å². The predicted octanol–water partition coefficient (Wildman–Crippen LogP) is 3.71. The number of carbonyl (C=O) groups is 2. The lowest BCUT2D eigenvalue weighted by Gasteiger charge is -2.16. The summed E-state index contributed by atoms with van der Waals surface area (Å²) in [6.45, 7) is 7.35. The van der Waals surface area contributed by atoms with Crippen LogP contribution in [0.25, 0.3) is 11.0 Å². The fourth-order valence-electron chi connectivity index (χ4n) is 3.17. The smallest absolute Gasteiger partial charge is 0.330 e. The first-order valence-corrected chi connectivity index (χ1v) is 9.37. The van der Waals surface area contributed by atoms with E-state index in [1.165, 1.54) is 18.2 Å². The zero-order valence-corrected chi connectivity index (χ0v) is 16.7. The maximum atomic E-state index is 13.6. The van der Waals surface area contributed by atoms with Crippen molar-refractivity contribution in [3.8, 4) is 0 Å². The number of halogens is 1. The Morgan fingerprint density at radius 1 is 1.28 bits per heavy atom. The Hall–Kier alpha value is -3.29. The van der Waals surface area contributed by atoms with Crippen LogP contribution in [-0.2, 0) is 4.79 Å². The molecule has 7 nitrogen and oxygen atoms in total. The van der Waals surface area contributed by atoms with Crippen LogP contribution in [0.3, 0.4) is 0 Å². The average Bonchev–Trinajstić information content (AvgIpc) is 3.10. The van der Waals surface area contributed by atoms with E-state index in [9.17, 15) is 19.1 Å². The number of nitrogens with zero attached hydrogens (tertiary/aromatic N) is 3. The number of benzene rings is 1. The number of carbonyl (C=O) groups excluding carboxylic acids is 1. The van der Waals surface area contributed by atoms with Crippen molar-refractivity contribution < 1.29 is 19.1 Å². The van der Waals surface area contributed by atoms with Crippen LogP contribution < -0.4 is 5.32 Å². The van der Waals surface area contributed by atoms with Crippen molar-refractivity contribution in [3.05, 3.63) is 58.7 Å². The van der Waals surface area contributed by atoms with Crippen molar-refractivity contribution in [1.82, 2.24) is 20.1 Å². The Morgan fingerprint density at radius 2 is 2.00 bits per heavy atom. The summed E-state index contributed by atoms with van der Waals surface area (Å²) in [4.78, 5) is 29.3. The van der Waals surface area contributed by atoms with Crippen LogP contribution in [0.4, 0.5) is 4.39 Å². The fraction of sp³-hybridized carbons (Fsp3) is 0.333. The largest absolute Gasteiger partial charge is 0.479 e. The third-order valence-electron chi connectivity index (χ3n) is 4.99. The van der Waals surface area contributed by atoms with Crippen LogP contribution in [-0.4, -0.2) is 31.7 Å². The molecule has 1 aromatic carbocycles. The molecule has 0 fully saturated rings. The van der Waals surface area contributed by atoms with E-state index in [0.29, 0.717) is 33.4 Å². The van der Waals surface area contributed by atoms with Crippen LogP contribution in [0.2, 0.25) is 0 Å². The van der Waals surface area contributed by atoms with Gasteiger partial charge < -0.3 is 10.4 Å². The lowest BCUT2D eigenvalue weighted by Crippen LogP contribution is -2.34. The Morgan fingerprint density at radius 3 is 2.62 bits per heavy atom. The first kappa shape index (κ1) is 20.4. The highest BCUT2D eigenvalue weighted by Crippen LogP contribution is 2.24. The number of hydrogen-bond donors (Lipinski definition) is 2. The molecule has 2 aromatic heterocycles. The summed E-state index contributed by atoms with van der Waals surface area (Å²) >= 11 is 0. The summed E-state index contributed by atoms with van der Waals surface area (Å²) in [5.74, 6) is -2.23. The van der Waals surface area contributed by atoms with Gasteiger partial charge in [-0.15, -0.1) is 0 Å². The summed E-state index contributed by atoms with van der Waals surface area (Å²) in [5.41, 5.74) is 2.10. The number of aliphatic carboxylic acids is 1. The van der Waals surface area contributed by atoms with Gasteiger partial charge in [0.05, 0.1) is 23.2 Å². The van der Waals surface area contributed by atoms with Gasteiger partial charge in [0.2, 0.25) is 0 Å². The number of fused-ring (bicyclic) bond motifs is 1. The zero-order valence-electron chi connectivity index (χ0n) is 16.7. The van der Waals surface area contributed by atoms with Crippen molar-refractivity contribution in [2.24, 2.45) is 0 Å². The molecular formula is C21H23FN4O3. The first-order chi connectivity index (χ1) is 13.7. The maximum Gasteiger partial charge on any atom is 0.330 e. The van der Waals surface area contributed by atoms with E-state index in [0.717, 1.165) is 6.42 Å². The molecule has 8 heteroatoms. The minimum absolute atomic E-state index is 0.103. The SMILES string of the molecule is CCC(C)n1ncc2c(C(=O)NC(C(=O)O)c3ccc(F)c(C)c3)cc(C)nc21. The Balaban J connectivity index is 2.00. The maximum absolute atomic E-state index is 13.6. The van der Waals surface area contributed by atoms with Crippen molar-refractivity contribution in [2.75, 3.05) is 0 Å². The number of nitrogens with one attached hydrogen (secondary N) is 1. The number of carboxylic acid groups (broad SMARTS) is 1. The second-order valence-electron chi connectivity index (χ2n) is 7.15. The molecular weight excluding hydrogens is 375 g/mol. The Labute approximate surface area is 167 Å². The molecule has 0 aliphatic heterocycles. The van der Waals surface area contributed by atoms with E-state index >= 15 is 0 Å². The van der Waals surface area contributed by atoms with E-state index in [-0.39, 0.29) is 6.04 Å². The number of pyridine rings is 1. The van der Waals surface area contributed by atoms with Gasteiger partial charge >= 0.3 is 5.97 Å². The van der Waals surface area contributed by atoms with E-state index in [1.54, 1.807) is 30.8 Å². The minimum Gasteiger partial charge on any atom is -0.479 e. The minimum atomic E-state index is -1.31. The van der Waals surface area contributed by atoms with Crippen molar-refractivity contribution in [1.29, 1.82) is 0 Å². The molecule has 29 heavy (non-hydrogen) atoms. The van der Waals surface area contributed by atoms with Crippen LogP contribution in [0.1, 0.15) is 59.5 Å². The van der Waals surface area contributed by atoms with Gasteiger partial charge in [0.15, 0.2) is 11.7 Å². The van der Waals surface area contributed by atoms with Gasteiger partial charge in [0.25, 0.3) is 5.91 Å². The summed E-state index contributed by atoms with van der Waals surface area (Å²) in [6.07, 6.45) is 2.42. The molecule has 2 N–H and O–H groups in total. The van der Waals surface area contributed by atoms with E-state index in [4.69, 9.17) is 0 Å². The third kappa shape index (κ3) is 3.96. The zero-order chi connectivity index (χ0) is 21.3. The third-order valence-corrected chi connectivity index (χ3v) is 4.99.